The highest BCUT2D eigenvalue weighted by Crippen LogP contribution is 2.09. The van der Waals surface area contributed by atoms with Crippen LogP contribution in [0.25, 0.3) is 0 Å². The van der Waals surface area contributed by atoms with Crippen LogP contribution in [0.1, 0.15) is 34.0 Å². The smallest absolute Gasteiger partial charge is 0.251 e. The summed E-state index contributed by atoms with van der Waals surface area (Å²) in [6.45, 7) is 3.21. The molecule has 0 aliphatic carbocycles. The van der Waals surface area contributed by atoms with Crippen molar-refractivity contribution in [3.05, 3.63) is 70.8 Å². The van der Waals surface area contributed by atoms with E-state index in [1.54, 1.807) is 24.3 Å². The minimum Gasteiger partial charge on any atom is -0.390 e. The van der Waals surface area contributed by atoms with Crippen molar-refractivity contribution < 1.29 is 18.3 Å². The minimum absolute atomic E-state index is 0.108. The number of hydrogen-bond donors (Lipinski definition) is 3. The predicted octanol–water partition coefficient (Wildman–Crippen LogP) is 1.67. The van der Waals surface area contributed by atoms with E-state index in [9.17, 15) is 18.3 Å². The highest BCUT2D eigenvalue weighted by Gasteiger charge is 2.11. The van der Waals surface area contributed by atoms with Crippen LogP contribution in [-0.4, -0.2) is 44.9 Å². The van der Waals surface area contributed by atoms with Gasteiger partial charge in [-0.05, 0) is 35.2 Å². The number of sulfone groups is 1. The number of carbonyl (C=O) groups is 1. The van der Waals surface area contributed by atoms with Crippen molar-refractivity contribution in [1.29, 1.82) is 0 Å². The zero-order valence-corrected chi connectivity index (χ0v) is 17.1. The van der Waals surface area contributed by atoms with Crippen LogP contribution in [0.4, 0.5) is 0 Å². The number of benzene rings is 2. The number of aliphatic hydroxyl groups is 1. The molecule has 0 fully saturated rings. The Morgan fingerprint density at radius 3 is 2.43 bits per heavy atom. The van der Waals surface area contributed by atoms with Gasteiger partial charge >= 0.3 is 0 Å². The summed E-state index contributed by atoms with van der Waals surface area (Å²) in [7, 11) is -3.16. The largest absolute Gasteiger partial charge is 0.390 e. The number of hydrogen-bond acceptors (Lipinski definition) is 5. The monoisotopic (exact) mass is 404 g/mol. The summed E-state index contributed by atoms with van der Waals surface area (Å²) >= 11 is 0. The molecule has 0 saturated heterocycles. The van der Waals surface area contributed by atoms with Crippen LogP contribution in [0.3, 0.4) is 0 Å². The molecule has 2 aromatic rings. The van der Waals surface area contributed by atoms with Gasteiger partial charge in [0.1, 0.15) is 0 Å². The zero-order chi connectivity index (χ0) is 20.6. The fraction of sp³-hybridized carbons (Fsp3) is 0.381. The maximum atomic E-state index is 12.2. The molecule has 6 nitrogen and oxygen atoms in total. The fourth-order valence-corrected chi connectivity index (χ4v) is 3.62. The lowest BCUT2D eigenvalue weighted by molar-refractivity contribution is 0.0915. The normalized spacial score (nSPS) is 12.5. The first-order valence-corrected chi connectivity index (χ1v) is 11.3. The van der Waals surface area contributed by atoms with Gasteiger partial charge in [0, 0.05) is 31.5 Å². The highest BCUT2D eigenvalue weighted by molar-refractivity contribution is 7.89. The summed E-state index contributed by atoms with van der Waals surface area (Å²) in [4.78, 5) is 12.2. The average Bonchev–Trinajstić information content (AvgIpc) is 2.65. The third-order valence-electron chi connectivity index (χ3n) is 4.22. The summed E-state index contributed by atoms with van der Waals surface area (Å²) in [5, 5.41) is 15.9. The molecule has 3 N–H and O–H groups in total. The summed E-state index contributed by atoms with van der Waals surface area (Å²) in [6.07, 6.45) is 1.41. The Balaban J connectivity index is 1.78. The Labute approximate surface area is 166 Å². The number of nitrogens with one attached hydrogen (secondary N) is 2. The second-order valence-electron chi connectivity index (χ2n) is 6.94. The Morgan fingerprint density at radius 2 is 1.71 bits per heavy atom. The van der Waals surface area contributed by atoms with E-state index < -0.39 is 15.9 Å². The minimum atomic E-state index is -3.16. The van der Waals surface area contributed by atoms with Gasteiger partial charge in [0.05, 0.1) is 11.9 Å². The Morgan fingerprint density at radius 1 is 1.04 bits per heavy atom. The van der Waals surface area contributed by atoms with Crippen molar-refractivity contribution in [2.75, 3.05) is 19.3 Å². The van der Waals surface area contributed by atoms with Crippen molar-refractivity contribution >= 4 is 15.7 Å². The maximum absolute atomic E-state index is 12.2. The number of aryl methyl sites for hydroxylation is 1. The molecule has 0 aliphatic rings. The third-order valence-corrected chi connectivity index (χ3v) is 5.08. The average molecular weight is 405 g/mol. The molecular weight excluding hydrogens is 376 g/mol. The van der Waals surface area contributed by atoms with E-state index in [0.717, 1.165) is 18.2 Å². The molecule has 2 aromatic carbocycles. The predicted molar refractivity (Wildman–Crippen MR) is 111 cm³/mol. The molecule has 2 rings (SSSR count). The Bertz CT molecular complexity index is 897. The first kappa shape index (κ1) is 22.1. The number of carbonyl (C=O) groups excluding carboxylic acids is 1. The van der Waals surface area contributed by atoms with Crippen LogP contribution in [0.15, 0.2) is 48.5 Å². The zero-order valence-electron chi connectivity index (χ0n) is 16.3. The van der Waals surface area contributed by atoms with Gasteiger partial charge in [-0.1, -0.05) is 43.3 Å². The maximum Gasteiger partial charge on any atom is 0.251 e. The van der Waals surface area contributed by atoms with Gasteiger partial charge < -0.3 is 15.7 Å². The quantitative estimate of drug-likeness (QED) is 0.560. The molecule has 1 amide bonds. The van der Waals surface area contributed by atoms with Gasteiger partial charge in [0.15, 0.2) is 9.84 Å². The SMILES string of the molecule is CCc1cccc(CNC[C@@H](O)CNC(=O)c2cccc(CS(C)(=O)=O)c2)c1. The Hall–Kier alpha value is -2.22. The van der Waals surface area contributed by atoms with Crippen LogP contribution in [0, 0.1) is 0 Å². The number of aliphatic hydroxyl groups excluding tert-OH is 1. The molecule has 0 radical (unpaired) electrons. The van der Waals surface area contributed by atoms with Crippen LogP contribution < -0.4 is 10.6 Å². The molecule has 0 spiro atoms. The van der Waals surface area contributed by atoms with Crippen molar-refractivity contribution in [2.45, 2.75) is 31.7 Å². The Kier molecular flexibility index (Phi) is 8.17. The van der Waals surface area contributed by atoms with Crippen molar-refractivity contribution in [1.82, 2.24) is 10.6 Å². The molecule has 0 bridgehead atoms. The van der Waals surface area contributed by atoms with Crippen molar-refractivity contribution in [3.63, 3.8) is 0 Å². The van der Waals surface area contributed by atoms with Gasteiger partial charge in [0.2, 0.25) is 0 Å². The molecule has 7 heteroatoms. The summed E-state index contributed by atoms with van der Waals surface area (Å²) < 4.78 is 22.8. The molecule has 0 unspecified atom stereocenters. The van der Waals surface area contributed by atoms with Gasteiger partial charge in [-0.3, -0.25) is 4.79 Å². The first-order valence-electron chi connectivity index (χ1n) is 9.28. The van der Waals surface area contributed by atoms with Crippen molar-refractivity contribution in [3.8, 4) is 0 Å². The molecule has 152 valence electrons. The van der Waals surface area contributed by atoms with Crippen molar-refractivity contribution in [2.24, 2.45) is 0 Å². The van der Waals surface area contributed by atoms with E-state index in [4.69, 9.17) is 0 Å². The summed E-state index contributed by atoms with van der Waals surface area (Å²) in [6, 6.07) is 14.8. The lowest BCUT2D eigenvalue weighted by Crippen LogP contribution is -2.38. The van der Waals surface area contributed by atoms with Crippen LogP contribution in [0.5, 0.6) is 0 Å². The first-order chi connectivity index (χ1) is 13.3. The lowest BCUT2D eigenvalue weighted by atomic mass is 10.1. The van der Waals surface area contributed by atoms with E-state index in [-0.39, 0.29) is 18.2 Å². The lowest BCUT2D eigenvalue weighted by Gasteiger charge is -2.13. The number of amides is 1. The molecule has 0 aliphatic heterocycles. The van der Waals surface area contributed by atoms with E-state index in [1.165, 1.54) is 5.56 Å². The van der Waals surface area contributed by atoms with Gasteiger partial charge in [0.25, 0.3) is 5.91 Å². The topological polar surface area (TPSA) is 95.5 Å². The molecule has 1 atom stereocenters. The van der Waals surface area contributed by atoms with E-state index >= 15 is 0 Å². The van der Waals surface area contributed by atoms with E-state index in [0.29, 0.717) is 24.2 Å². The van der Waals surface area contributed by atoms with Crippen LogP contribution >= 0.6 is 0 Å². The van der Waals surface area contributed by atoms with Gasteiger partial charge in [-0.2, -0.15) is 0 Å². The van der Waals surface area contributed by atoms with Crippen LogP contribution in [-0.2, 0) is 28.6 Å². The molecule has 0 aromatic heterocycles. The molecular formula is C21H28N2O4S. The fourth-order valence-electron chi connectivity index (χ4n) is 2.83. The molecule has 0 heterocycles. The molecule has 0 saturated carbocycles. The van der Waals surface area contributed by atoms with Gasteiger partial charge in [-0.15, -0.1) is 0 Å². The second kappa shape index (κ2) is 10.4. The standard InChI is InChI=1S/C21H28N2O4S/c1-3-16-6-4-7-17(10-16)12-22-13-20(24)14-23-21(25)19-9-5-8-18(11-19)15-28(2,26)27/h4-11,20,22,24H,3,12-15H2,1-2H3,(H,23,25)/t20-/m1/s1. The van der Waals surface area contributed by atoms with Gasteiger partial charge in [-0.25, -0.2) is 8.42 Å². The van der Waals surface area contributed by atoms with E-state index in [1.807, 2.05) is 12.1 Å². The molecule has 28 heavy (non-hydrogen) atoms. The number of rotatable bonds is 10. The third kappa shape index (κ3) is 7.80. The van der Waals surface area contributed by atoms with E-state index in [2.05, 4.69) is 29.7 Å². The highest BCUT2D eigenvalue weighted by atomic mass is 32.2. The summed E-state index contributed by atoms with van der Waals surface area (Å²) in [5.74, 6) is -0.454. The van der Waals surface area contributed by atoms with Crippen LogP contribution in [0.2, 0.25) is 0 Å². The second-order valence-corrected chi connectivity index (χ2v) is 9.08. The summed E-state index contributed by atoms with van der Waals surface area (Å²) in [5.41, 5.74) is 3.35.